The van der Waals surface area contributed by atoms with Crippen molar-refractivity contribution in [2.45, 2.75) is 37.9 Å². The zero-order valence-electron chi connectivity index (χ0n) is 15.8. The highest BCUT2D eigenvalue weighted by molar-refractivity contribution is 6.33. The number of halogens is 6. The molecule has 0 aliphatic heterocycles. The average molecular weight is 447 g/mol. The predicted octanol–water partition coefficient (Wildman–Crippen LogP) is 6.04. The first kappa shape index (κ1) is 22.3. The van der Waals surface area contributed by atoms with Gasteiger partial charge in [0.05, 0.1) is 21.8 Å². The van der Waals surface area contributed by atoms with Crippen molar-refractivity contribution in [1.29, 1.82) is 0 Å². The van der Waals surface area contributed by atoms with Crippen LogP contribution >= 0.6 is 11.6 Å². The lowest BCUT2D eigenvalue weighted by Gasteiger charge is -2.29. The number of rotatable bonds is 5. The standard InChI is InChI=1S/C21H20ClF5N2O/c22-17-7-3-13(21(25,26)27)9-16(17)20(30)29-15-5-1-12(2-6-15)11-28-19-8-4-14(23)10-18(19)24/h3-4,7-10,12,15,28H,1-2,5-6,11H2,(H,29,30)/t12-,15-. The van der Waals surface area contributed by atoms with Crippen molar-refractivity contribution in [3.8, 4) is 0 Å². The van der Waals surface area contributed by atoms with Gasteiger partial charge in [0, 0.05) is 18.7 Å². The lowest BCUT2D eigenvalue weighted by Crippen LogP contribution is -2.38. The molecule has 1 aliphatic carbocycles. The highest BCUT2D eigenvalue weighted by atomic mass is 35.5. The van der Waals surface area contributed by atoms with Gasteiger partial charge in [0.25, 0.3) is 5.91 Å². The summed E-state index contributed by atoms with van der Waals surface area (Å²) in [6.07, 6.45) is -1.79. The molecule has 162 valence electrons. The zero-order chi connectivity index (χ0) is 21.9. The summed E-state index contributed by atoms with van der Waals surface area (Å²) in [5.41, 5.74) is -0.909. The summed E-state index contributed by atoms with van der Waals surface area (Å²) in [4.78, 5) is 12.4. The van der Waals surface area contributed by atoms with E-state index in [1.165, 1.54) is 12.1 Å². The molecule has 2 N–H and O–H groups in total. The van der Waals surface area contributed by atoms with Crippen molar-refractivity contribution in [3.63, 3.8) is 0 Å². The number of hydrogen-bond acceptors (Lipinski definition) is 2. The number of benzene rings is 2. The van der Waals surface area contributed by atoms with E-state index in [1.54, 1.807) is 0 Å². The van der Waals surface area contributed by atoms with E-state index in [1.807, 2.05) is 0 Å². The van der Waals surface area contributed by atoms with Gasteiger partial charge in [0.1, 0.15) is 11.6 Å². The van der Waals surface area contributed by atoms with Crippen LogP contribution in [0, 0.1) is 17.6 Å². The summed E-state index contributed by atoms with van der Waals surface area (Å²) in [5.74, 6) is -1.70. The van der Waals surface area contributed by atoms with Crippen molar-refractivity contribution in [1.82, 2.24) is 5.32 Å². The molecular weight excluding hydrogens is 427 g/mol. The molecule has 1 fully saturated rings. The molecule has 1 amide bonds. The van der Waals surface area contributed by atoms with Gasteiger partial charge in [-0.1, -0.05) is 11.6 Å². The summed E-state index contributed by atoms with van der Waals surface area (Å²) in [6.45, 7) is 0.503. The first-order valence-corrected chi connectivity index (χ1v) is 9.88. The first-order chi connectivity index (χ1) is 14.1. The minimum atomic E-state index is -4.56. The Balaban J connectivity index is 1.51. The summed E-state index contributed by atoms with van der Waals surface area (Å²) < 4.78 is 65.3. The average Bonchev–Trinajstić information content (AvgIpc) is 2.68. The van der Waals surface area contributed by atoms with E-state index in [-0.39, 0.29) is 28.2 Å². The van der Waals surface area contributed by atoms with Crippen LogP contribution < -0.4 is 10.6 Å². The largest absolute Gasteiger partial charge is 0.416 e. The van der Waals surface area contributed by atoms with E-state index in [9.17, 15) is 26.7 Å². The van der Waals surface area contributed by atoms with Crippen LogP contribution in [-0.2, 0) is 6.18 Å². The molecule has 0 heterocycles. The van der Waals surface area contributed by atoms with Gasteiger partial charge >= 0.3 is 6.18 Å². The maximum absolute atomic E-state index is 13.7. The van der Waals surface area contributed by atoms with E-state index >= 15 is 0 Å². The number of hydrogen-bond donors (Lipinski definition) is 2. The van der Waals surface area contributed by atoms with Crippen LogP contribution in [0.3, 0.4) is 0 Å². The topological polar surface area (TPSA) is 41.1 Å². The number of anilines is 1. The number of nitrogens with one attached hydrogen (secondary N) is 2. The minimum Gasteiger partial charge on any atom is -0.382 e. The van der Waals surface area contributed by atoms with Crippen molar-refractivity contribution in [2.24, 2.45) is 5.92 Å². The zero-order valence-corrected chi connectivity index (χ0v) is 16.6. The van der Waals surface area contributed by atoms with Crippen molar-refractivity contribution < 1.29 is 26.7 Å². The molecule has 0 bridgehead atoms. The molecule has 1 saturated carbocycles. The van der Waals surface area contributed by atoms with Crippen LogP contribution in [0.2, 0.25) is 5.02 Å². The summed E-state index contributed by atoms with van der Waals surface area (Å²) in [5, 5.41) is 5.68. The fourth-order valence-electron chi connectivity index (χ4n) is 3.54. The Labute approximate surface area is 175 Å². The third kappa shape index (κ3) is 5.62. The van der Waals surface area contributed by atoms with Crippen LogP contribution in [0.25, 0.3) is 0 Å². The monoisotopic (exact) mass is 446 g/mol. The van der Waals surface area contributed by atoms with Gasteiger partial charge in [0.2, 0.25) is 0 Å². The Morgan fingerprint density at radius 3 is 2.37 bits per heavy atom. The Bertz CT molecular complexity index is 911. The predicted molar refractivity (Wildman–Crippen MR) is 105 cm³/mol. The molecule has 0 saturated heterocycles. The molecule has 0 aromatic heterocycles. The van der Waals surface area contributed by atoms with Crippen molar-refractivity contribution in [2.75, 3.05) is 11.9 Å². The van der Waals surface area contributed by atoms with Gasteiger partial charge in [0.15, 0.2) is 0 Å². The van der Waals surface area contributed by atoms with Gasteiger partial charge in [-0.3, -0.25) is 4.79 Å². The van der Waals surface area contributed by atoms with Crippen LogP contribution in [0.15, 0.2) is 36.4 Å². The first-order valence-electron chi connectivity index (χ1n) is 9.50. The van der Waals surface area contributed by atoms with Gasteiger partial charge in [-0.15, -0.1) is 0 Å². The Kier molecular flexibility index (Phi) is 6.85. The van der Waals surface area contributed by atoms with E-state index in [0.29, 0.717) is 19.4 Å². The summed E-state index contributed by atoms with van der Waals surface area (Å²) in [6, 6.07) is 5.81. The number of carbonyl (C=O) groups is 1. The Hall–Kier alpha value is -2.35. The number of amides is 1. The molecule has 0 atom stereocenters. The summed E-state index contributed by atoms with van der Waals surface area (Å²) >= 11 is 5.91. The van der Waals surface area contributed by atoms with Gasteiger partial charge in [-0.05, 0) is 61.9 Å². The van der Waals surface area contributed by atoms with Crippen molar-refractivity contribution >= 4 is 23.2 Å². The third-order valence-electron chi connectivity index (χ3n) is 5.23. The van der Waals surface area contributed by atoms with E-state index < -0.39 is 29.3 Å². The van der Waals surface area contributed by atoms with E-state index in [4.69, 9.17) is 11.6 Å². The Morgan fingerprint density at radius 1 is 1.03 bits per heavy atom. The molecule has 0 unspecified atom stereocenters. The summed E-state index contributed by atoms with van der Waals surface area (Å²) in [7, 11) is 0. The van der Waals surface area contributed by atoms with Gasteiger partial charge < -0.3 is 10.6 Å². The second-order valence-electron chi connectivity index (χ2n) is 7.39. The van der Waals surface area contributed by atoms with Gasteiger partial charge in [-0.25, -0.2) is 8.78 Å². The lowest BCUT2D eigenvalue weighted by molar-refractivity contribution is -0.137. The molecule has 9 heteroatoms. The fraction of sp³-hybridized carbons (Fsp3) is 0.381. The van der Waals surface area contributed by atoms with Crippen LogP contribution in [-0.4, -0.2) is 18.5 Å². The third-order valence-corrected chi connectivity index (χ3v) is 5.56. The molecule has 2 aromatic rings. The number of alkyl halides is 3. The fourth-order valence-corrected chi connectivity index (χ4v) is 3.74. The highest BCUT2D eigenvalue weighted by Crippen LogP contribution is 2.32. The quantitative estimate of drug-likeness (QED) is 0.550. The maximum atomic E-state index is 13.7. The molecule has 0 spiro atoms. The number of carbonyl (C=O) groups excluding carboxylic acids is 1. The lowest BCUT2D eigenvalue weighted by atomic mass is 9.86. The smallest absolute Gasteiger partial charge is 0.382 e. The normalized spacial score (nSPS) is 19.4. The SMILES string of the molecule is O=C(N[C@H]1CC[C@H](CNc2ccc(F)cc2F)CC1)c1cc(C(F)(F)F)ccc1Cl. The van der Waals surface area contributed by atoms with Crippen molar-refractivity contribution in [3.05, 3.63) is 64.2 Å². The molecule has 2 aromatic carbocycles. The molecular formula is C21H20ClF5N2O. The highest BCUT2D eigenvalue weighted by Gasteiger charge is 2.32. The van der Waals surface area contributed by atoms with Crippen LogP contribution in [0.4, 0.5) is 27.6 Å². The van der Waals surface area contributed by atoms with Crippen LogP contribution in [0.5, 0.6) is 0 Å². The second kappa shape index (κ2) is 9.20. The second-order valence-corrected chi connectivity index (χ2v) is 7.80. The Morgan fingerprint density at radius 2 is 1.73 bits per heavy atom. The molecule has 3 rings (SSSR count). The van der Waals surface area contributed by atoms with E-state index in [2.05, 4.69) is 10.6 Å². The van der Waals surface area contributed by atoms with E-state index in [0.717, 1.165) is 37.1 Å². The van der Waals surface area contributed by atoms with Crippen LogP contribution in [0.1, 0.15) is 41.6 Å². The van der Waals surface area contributed by atoms with Gasteiger partial charge in [-0.2, -0.15) is 13.2 Å². The molecule has 0 radical (unpaired) electrons. The molecule has 3 nitrogen and oxygen atoms in total. The minimum absolute atomic E-state index is 0.0419. The maximum Gasteiger partial charge on any atom is 0.416 e. The molecule has 1 aliphatic rings. The molecule has 30 heavy (non-hydrogen) atoms.